The summed E-state index contributed by atoms with van der Waals surface area (Å²) in [6.07, 6.45) is 5.62. The van der Waals surface area contributed by atoms with E-state index in [9.17, 15) is 9.59 Å². The van der Waals surface area contributed by atoms with Gasteiger partial charge in [-0.25, -0.2) is 0 Å². The monoisotopic (exact) mass is 353 g/mol. The van der Waals surface area contributed by atoms with E-state index in [0.29, 0.717) is 22.8 Å². The predicted molar refractivity (Wildman–Crippen MR) is 93.0 cm³/mol. The lowest BCUT2D eigenvalue weighted by molar-refractivity contribution is -0.134. The van der Waals surface area contributed by atoms with Crippen LogP contribution in [0.15, 0.2) is 0 Å². The highest BCUT2D eigenvalue weighted by molar-refractivity contribution is 7.73. The van der Waals surface area contributed by atoms with Gasteiger partial charge >= 0.3 is 0 Å². The first-order valence-corrected chi connectivity index (χ1v) is 9.52. The minimum absolute atomic E-state index is 0.0125. The van der Waals surface area contributed by atoms with Crippen LogP contribution >= 0.6 is 23.6 Å². The number of aryl methyl sites for hydroxylation is 1. The summed E-state index contributed by atoms with van der Waals surface area (Å²) in [5, 5.41) is 3.07. The molecule has 2 fully saturated rings. The summed E-state index contributed by atoms with van der Waals surface area (Å²) in [5.74, 6) is 0.524. The van der Waals surface area contributed by atoms with Gasteiger partial charge in [0, 0.05) is 35.6 Å². The molecule has 2 amide bonds. The number of hydrogen-bond acceptors (Lipinski definition) is 4. The molecule has 2 N–H and O–H groups in total. The highest BCUT2D eigenvalue weighted by Gasteiger charge is 2.32. The Labute approximate surface area is 145 Å². The van der Waals surface area contributed by atoms with Gasteiger partial charge in [-0.3, -0.25) is 9.59 Å². The van der Waals surface area contributed by atoms with Crippen molar-refractivity contribution < 1.29 is 9.59 Å². The van der Waals surface area contributed by atoms with Crippen molar-refractivity contribution in [3.05, 3.63) is 14.5 Å². The second kappa shape index (κ2) is 7.13. The average molecular weight is 354 g/mol. The molecule has 0 spiro atoms. The molecule has 1 saturated heterocycles. The van der Waals surface area contributed by atoms with Crippen LogP contribution < -0.4 is 5.32 Å². The summed E-state index contributed by atoms with van der Waals surface area (Å²) in [4.78, 5) is 30.6. The van der Waals surface area contributed by atoms with Crippen LogP contribution in [0.2, 0.25) is 0 Å². The van der Waals surface area contributed by atoms with E-state index in [1.807, 2.05) is 11.8 Å². The van der Waals surface area contributed by atoms with E-state index >= 15 is 0 Å². The van der Waals surface area contributed by atoms with Gasteiger partial charge in [-0.05, 0) is 38.4 Å². The third-order valence-electron chi connectivity index (χ3n) is 4.81. The highest BCUT2D eigenvalue weighted by atomic mass is 32.1. The molecule has 5 nitrogen and oxygen atoms in total. The molecule has 3 rings (SSSR count). The summed E-state index contributed by atoms with van der Waals surface area (Å²) in [5.41, 5.74) is 0.972. The summed E-state index contributed by atoms with van der Waals surface area (Å²) in [6.45, 7) is 3.36. The second-order valence-corrected chi connectivity index (χ2v) is 8.33. The molecular formula is C16H23N3O2S2. The predicted octanol–water partition coefficient (Wildman–Crippen LogP) is 2.56. The fourth-order valence-corrected chi connectivity index (χ4v) is 4.83. The number of rotatable bonds is 4. The zero-order valence-corrected chi connectivity index (χ0v) is 15.0. The number of nitrogens with zero attached hydrogens (tertiary/aromatic N) is 1. The number of likely N-dealkylation sites (tertiary alicyclic amines) is 1. The van der Waals surface area contributed by atoms with Gasteiger partial charge in [-0.2, -0.15) is 0 Å². The number of nitrogens with one attached hydrogen (secondary N) is 2. The first kappa shape index (κ1) is 16.6. The van der Waals surface area contributed by atoms with Crippen molar-refractivity contribution in [2.75, 3.05) is 13.1 Å². The molecule has 126 valence electrons. The maximum atomic E-state index is 12.4. The van der Waals surface area contributed by atoms with Crippen LogP contribution in [-0.2, 0) is 16.0 Å². The smallest absolute Gasteiger partial charge is 0.225 e. The molecule has 1 unspecified atom stereocenters. The van der Waals surface area contributed by atoms with E-state index in [1.165, 1.54) is 24.2 Å². The normalized spacial score (nSPS) is 21.8. The van der Waals surface area contributed by atoms with E-state index in [0.717, 1.165) is 36.4 Å². The van der Waals surface area contributed by atoms with E-state index < -0.39 is 0 Å². The molecule has 0 radical (unpaired) electrons. The van der Waals surface area contributed by atoms with Crippen LogP contribution in [0.25, 0.3) is 0 Å². The van der Waals surface area contributed by atoms with E-state index in [4.69, 9.17) is 12.2 Å². The van der Waals surface area contributed by atoms with Crippen LogP contribution in [0.3, 0.4) is 0 Å². The maximum Gasteiger partial charge on any atom is 0.225 e. The molecule has 1 aliphatic carbocycles. The molecule has 2 heterocycles. The Morgan fingerprint density at radius 1 is 1.35 bits per heavy atom. The van der Waals surface area contributed by atoms with Crippen LogP contribution in [0, 0.1) is 16.8 Å². The average Bonchev–Trinajstić information content (AvgIpc) is 3.21. The minimum Gasteiger partial charge on any atom is -0.351 e. The van der Waals surface area contributed by atoms with Crippen LogP contribution in [0.5, 0.6) is 0 Å². The highest BCUT2D eigenvalue weighted by Crippen LogP contribution is 2.27. The number of amides is 2. The lowest BCUT2D eigenvalue weighted by atomic mass is 10.1. The van der Waals surface area contributed by atoms with Gasteiger partial charge < -0.3 is 15.2 Å². The SMILES string of the molecule is Cc1[nH]c(=S)sc1CC(=O)NC1CCN(C(=O)C2CCCC2)C1. The molecular weight excluding hydrogens is 330 g/mol. The summed E-state index contributed by atoms with van der Waals surface area (Å²) in [6, 6.07) is 0.0834. The third-order valence-corrected chi connectivity index (χ3v) is 6.15. The Kier molecular flexibility index (Phi) is 5.16. The Morgan fingerprint density at radius 3 is 2.74 bits per heavy atom. The zero-order valence-electron chi connectivity index (χ0n) is 13.4. The van der Waals surface area contributed by atoms with Crippen molar-refractivity contribution in [3.8, 4) is 0 Å². The Morgan fingerprint density at radius 2 is 2.09 bits per heavy atom. The van der Waals surface area contributed by atoms with Gasteiger partial charge in [-0.15, -0.1) is 11.3 Å². The fraction of sp³-hybridized carbons (Fsp3) is 0.688. The second-order valence-electron chi connectivity index (χ2n) is 6.56. The molecule has 1 atom stereocenters. The Balaban J connectivity index is 1.49. The number of H-pyrrole nitrogens is 1. The summed E-state index contributed by atoms with van der Waals surface area (Å²) in [7, 11) is 0. The number of aromatic amines is 1. The molecule has 1 saturated carbocycles. The molecule has 2 aliphatic rings. The Bertz CT molecular complexity index is 646. The van der Waals surface area contributed by atoms with Crippen LogP contribution in [0.4, 0.5) is 0 Å². The van der Waals surface area contributed by atoms with Crippen molar-refractivity contribution in [3.63, 3.8) is 0 Å². The van der Waals surface area contributed by atoms with E-state index in [2.05, 4.69) is 10.3 Å². The maximum absolute atomic E-state index is 12.4. The number of thiazole rings is 1. The van der Waals surface area contributed by atoms with Crippen molar-refractivity contribution in [1.82, 2.24) is 15.2 Å². The van der Waals surface area contributed by atoms with Crippen molar-refractivity contribution in [1.29, 1.82) is 0 Å². The van der Waals surface area contributed by atoms with E-state index in [-0.39, 0.29) is 17.9 Å². The fourth-order valence-electron chi connectivity index (χ4n) is 3.54. The minimum atomic E-state index is 0.0125. The largest absolute Gasteiger partial charge is 0.351 e. The van der Waals surface area contributed by atoms with Gasteiger partial charge in [-0.1, -0.05) is 12.8 Å². The molecule has 0 aromatic carbocycles. The molecule has 1 aromatic rings. The quantitative estimate of drug-likeness (QED) is 0.818. The molecule has 0 bridgehead atoms. The number of carbonyl (C=O) groups is 2. The summed E-state index contributed by atoms with van der Waals surface area (Å²) >= 11 is 6.56. The van der Waals surface area contributed by atoms with Gasteiger partial charge in [0.05, 0.1) is 6.42 Å². The van der Waals surface area contributed by atoms with Gasteiger partial charge in [0.25, 0.3) is 0 Å². The number of carbonyl (C=O) groups excluding carboxylic acids is 2. The van der Waals surface area contributed by atoms with Gasteiger partial charge in [0.15, 0.2) is 3.95 Å². The lowest BCUT2D eigenvalue weighted by Gasteiger charge is -2.20. The molecule has 1 aliphatic heterocycles. The topological polar surface area (TPSA) is 65.2 Å². The van der Waals surface area contributed by atoms with Gasteiger partial charge in [0.1, 0.15) is 0 Å². The van der Waals surface area contributed by atoms with Crippen LogP contribution in [0.1, 0.15) is 42.7 Å². The zero-order chi connectivity index (χ0) is 16.4. The lowest BCUT2D eigenvalue weighted by Crippen LogP contribution is -2.40. The van der Waals surface area contributed by atoms with E-state index in [1.54, 1.807) is 0 Å². The number of hydrogen-bond donors (Lipinski definition) is 2. The number of aromatic nitrogens is 1. The van der Waals surface area contributed by atoms with Crippen LogP contribution in [-0.4, -0.2) is 40.8 Å². The Hall–Kier alpha value is -1.21. The first-order valence-electron chi connectivity index (χ1n) is 8.29. The molecule has 7 heteroatoms. The standard InChI is InChI=1S/C16H23N3O2S2/c1-10-13(23-16(22)17-10)8-14(20)18-12-6-7-19(9-12)15(21)11-4-2-3-5-11/h11-12H,2-9H2,1H3,(H,17,22)(H,18,20). The molecule has 23 heavy (non-hydrogen) atoms. The van der Waals surface area contributed by atoms with Gasteiger partial charge in [0.2, 0.25) is 11.8 Å². The molecule has 1 aromatic heterocycles. The van der Waals surface area contributed by atoms with Crippen molar-refractivity contribution in [2.24, 2.45) is 5.92 Å². The first-order chi connectivity index (χ1) is 11.0. The third kappa shape index (κ3) is 4.01. The van der Waals surface area contributed by atoms with Crippen molar-refractivity contribution >= 4 is 35.4 Å². The summed E-state index contributed by atoms with van der Waals surface area (Å²) < 4.78 is 0.708. The van der Waals surface area contributed by atoms with Crippen molar-refractivity contribution in [2.45, 2.75) is 51.5 Å².